The Kier molecular flexibility index (Phi) is 5.86. The van der Waals surface area contributed by atoms with Crippen molar-refractivity contribution in [2.24, 2.45) is 0 Å². The first-order valence-electron chi connectivity index (χ1n) is 9.69. The van der Waals surface area contributed by atoms with Crippen LogP contribution in [0.2, 0.25) is 0 Å². The van der Waals surface area contributed by atoms with Gasteiger partial charge in [0.05, 0.1) is 10.6 Å². The third kappa shape index (κ3) is 4.10. The van der Waals surface area contributed by atoms with Crippen LogP contribution in [0.25, 0.3) is 0 Å². The Labute approximate surface area is 180 Å². The summed E-state index contributed by atoms with van der Waals surface area (Å²) in [4.78, 5) is 25.3. The molecule has 2 heterocycles. The highest BCUT2D eigenvalue weighted by atomic mass is 32.2. The van der Waals surface area contributed by atoms with Gasteiger partial charge in [-0.3, -0.25) is 14.5 Å². The second kappa shape index (κ2) is 8.41. The quantitative estimate of drug-likeness (QED) is 0.697. The third-order valence-corrected chi connectivity index (χ3v) is 8.10. The van der Waals surface area contributed by atoms with Gasteiger partial charge >= 0.3 is 0 Å². The van der Waals surface area contributed by atoms with Crippen molar-refractivity contribution in [2.45, 2.75) is 30.7 Å². The summed E-state index contributed by atoms with van der Waals surface area (Å²) in [6.45, 7) is 2.49. The monoisotopic (exact) mass is 446 g/mol. The summed E-state index contributed by atoms with van der Waals surface area (Å²) in [6.07, 6.45) is 0.900. The Morgan fingerprint density at radius 2 is 1.67 bits per heavy atom. The lowest BCUT2D eigenvalue weighted by Crippen LogP contribution is -2.48. The molecule has 0 spiro atoms. The number of piperidine rings is 1. The molecular weight excluding hydrogens is 424 g/mol. The molecule has 0 unspecified atom stereocenters. The summed E-state index contributed by atoms with van der Waals surface area (Å²) < 4.78 is 33.3. The molecule has 2 aromatic carbocycles. The maximum Gasteiger partial charge on any atom is 0.289 e. The topological polar surface area (TPSA) is 84.0 Å². The van der Waals surface area contributed by atoms with Gasteiger partial charge in [0.2, 0.25) is 15.9 Å². The number of thioether (sulfide) groups is 1. The van der Waals surface area contributed by atoms with Crippen molar-refractivity contribution in [2.75, 3.05) is 18.8 Å². The molecule has 0 aliphatic carbocycles. The van der Waals surface area contributed by atoms with Crippen molar-refractivity contribution in [3.05, 3.63) is 54.1 Å². The molecule has 0 aromatic heterocycles. The summed E-state index contributed by atoms with van der Waals surface area (Å²) in [5, 5.41) is -0.231. The highest BCUT2D eigenvalue weighted by Gasteiger charge is 2.39. The van der Waals surface area contributed by atoms with E-state index >= 15 is 0 Å². The molecule has 2 saturated heterocycles. The fraction of sp³-hybridized carbons (Fsp3) is 0.333. The van der Waals surface area contributed by atoms with Gasteiger partial charge in [-0.25, -0.2) is 8.42 Å². The molecule has 158 valence electrons. The normalized spacial score (nSPS) is 18.8. The number of nitrogens with zero attached hydrogens (tertiary/aromatic N) is 2. The van der Waals surface area contributed by atoms with Crippen LogP contribution >= 0.6 is 11.8 Å². The van der Waals surface area contributed by atoms with Crippen molar-refractivity contribution in [1.82, 2.24) is 9.21 Å². The molecular formula is C21H22N2O5S2. The summed E-state index contributed by atoms with van der Waals surface area (Å²) in [5.74, 6) is 1.27. The Bertz CT molecular complexity index is 1050. The average Bonchev–Trinajstić information content (AvgIpc) is 3.08. The molecule has 2 aliphatic rings. The Balaban J connectivity index is 1.42. The zero-order valence-electron chi connectivity index (χ0n) is 16.5. The number of para-hydroxylation sites is 1. The fourth-order valence-corrected chi connectivity index (χ4v) is 5.93. The summed E-state index contributed by atoms with van der Waals surface area (Å²) in [6, 6.07) is 13.8. The van der Waals surface area contributed by atoms with E-state index in [1.54, 1.807) is 24.3 Å². The van der Waals surface area contributed by atoms with E-state index in [0.29, 0.717) is 18.6 Å². The molecule has 7 nitrogen and oxygen atoms in total. The molecule has 4 rings (SSSR count). The molecule has 2 aliphatic heterocycles. The van der Waals surface area contributed by atoms with Gasteiger partial charge in [-0.05, 0) is 55.7 Å². The van der Waals surface area contributed by atoms with Gasteiger partial charge in [-0.1, -0.05) is 30.0 Å². The largest absolute Gasteiger partial charge is 0.457 e. The number of carbonyl (C=O) groups is 2. The smallest absolute Gasteiger partial charge is 0.289 e. The Morgan fingerprint density at radius 3 is 2.27 bits per heavy atom. The van der Waals surface area contributed by atoms with Crippen LogP contribution in [0.1, 0.15) is 18.4 Å². The number of carbonyl (C=O) groups excluding carboxylic acids is 2. The van der Waals surface area contributed by atoms with E-state index in [4.69, 9.17) is 4.74 Å². The molecule has 0 radical (unpaired) electrons. The van der Waals surface area contributed by atoms with Gasteiger partial charge in [0.1, 0.15) is 11.5 Å². The predicted octanol–water partition coefficient (Wildman–Crippen LogP) is 3.64. The average molecular weight is 447 g/mol. The minimum Gasteiger partial charge on any atom is -0.457 e. The minimum absolute atomic E-state index is 0.175. The van der Waals surface area contributed by atoms with Crippen LogP contribution < -0.4 is 4.74 Å². The van der Waals surface area contributed by atoms with Crippen molar-refractivity contribution in [1.29, 1.82) is 0 Å². The maximum atomic E-state index is 13.0. The van der Waals surface area contributed by atoms with E-state index in [2.05, 4.69) is 0 Å². The number of ether oxygens (including phenoxy) is 1. The van der Waals surface area contributed by atoms with E-state index in [1.165, 1.54) is 9.21 Å². The van der Waals surface area contributed by atoms with Crippen molar-refractivity contribution >= 4 is 32.9 Å². The SMILES string of the molecule is Cc1ccccc1Oc1ccc(S(=O)(=O)N2CCC(N3C(=O)CSC3=O)CC2)cc1. The first kappa shape index (κ1) is 20.9. The zero-order valence-corrected chi connectivity index (χ0v) is 18.1. The van der Waals surface area contributed by atoms with Gasteiger partial charge in [-0.15, -0.1) is 0 Å². The number of hydrogen-bond acceptors (Lipinski definition) is 6. The van der Waals surface area contributed by atoms with Crippen LogP contribution in [-0.2, 0) is 14.8 Å². The summed E-state index contributed by atoms with van der Waals surface area (Å²) in [5.41, 5.74) is 0.991. The van der Waals surface area contributed by atoms with Crippen LogP contribution in [0.5, 0.6) is 11.5 Å². The first-order valence-corrected chi connectivity index (χ1v) is 12.1. The second-order valence-electron chi connectivity index (χ2n) is 7.29. The number of sulfonamides is 1. The fourth-order valence-electron chi connectivity index (χ4n) is 3.68. The number of aryl methyl sites for hydroxylation is 1. The molecule has 9 heteroatoms. The molecule has 30 heavy (non-hydrogen) atoms. The van der Waals surface area contributed by atoms with Gasteiger partial charge < -0.3 is 4.74 Å². The van der Waals surface area contributed by atoms with Crippen LogP contribution in [0.3, 0.4) is 0 Å². The highest BCUT2D eigenvalue weighted by molar-refractivity contribution is 8.14. The number of amides is 2. The maximum absolute atomic E-state index is 13.0. The summed E-state index contributed by atoms with van der Waals surface area (Å²) in [7, 11) is -3.65. The molecule has 0 N–H and O–H groups in total. The summed E-state index contributed by atoms with van der Waals surface area (Å²) >= 11 is 1.01. The predicted molar refractivity (Wildman–Crippen MR) is 114 cm³/mol. The van der Waals surface area contributed by atoms with Gasteiger partial charge in [0.15, 0.2) is 0 Å². The van der Waals surface area contributed by atoms with Crippen LogP contribution in [0.4, 0.5) is 4.79 Å². The van der Waals surface area contributed by atoms with E-state index in [0.717, 1.165) is 23.1 Å². The molecule has 2 amide bonds. The van der Waals surface area contributed by atoms with E-state index in [-0.39, 0.29) is 40.9 Å². The van der Waals surface area contributed by atoms with Gasteiger partial charge in [0.25, 0.3) is 5.24 Å². The van der Waals surface area contributed by atoms with E-state index in [1.807, 2.05) is 31.2 Å². The molecule has 2 aromatic rings. The first-order chi connectivity index (χ1) is 14.4. The lowest BCUT2D eigenvalue weighted by atomic mass is 10.1. The van der Waals surface area contributed by atoms with Crippen LogP contribution in [-0.4, -0.2) is 53.7 Å². The minimum atomic E-state index is -3.65. The van der Waals surface area contributed by atoms with Crippen molar-refractivity contribution in [3.63, 3.8) is 0 Å². The van der Waals surface area contributed by atoms with Crippen molar-refractivity contribution < 1.29 is 22.7 Å². The second-order valence-corrected chi connectivity index (χ2v) is 10.2. The molecule has 0 saturated carbocycles. The number of benzene rings is 2. The standard InChI is InChI=1S/C21H22N2O5S2/c1-15-4-2-3-5-19(15)28-17-6-8-18(9-7-17)30(26,27)22-12-10-16(11-13-22)23-20(24)14-29-21(23)25/h2-9,16H,10-14H2,1H3. The van der Waals surface area contributed by atoms with Crippen LogP contribution in [0, 0.1) is 6.92 Å². The molecule has 0 bridgehead atoms. The number of rotatable bonds is 5. The highest BCUT2D eigenvalue weighted by Crippen LogP contribution is 2.30. The Morgan fingerprint density at radius 1 is 1.00 bits per heavy atom. The zero-order chi connectivity index (χ0) is 21.3. The van der Waals surface area contributed by atoms with E-state index in [9.17, 15) is 18.0 Å². The van der Waals surface area contributed by atoms with Crippen LogP contribution in [0.15, 0.2) is 53.4 Å². The van der Waals surface area contributed by atoms with Crippen molar-refractivity contribution in [3.8, 4) is 11.5 Å². The number of imide groups is 1. The lowest BCUT2D eigenvalue weighted by molar-refractivity contribution is -0.126. The van der Waals surface area contributed by atoms with Gasteiger partial charge in [0, 0.05) is 19.1 Å². The van der Waals surface area contributed by atoms with Gasteiger partial charge in [-0.2, -0.15) is 4.31 Å². The molecule has 2 fully saturated rings. The molecule has 0 atom stereocenters. The third-order valence-electron chi connectivity index (χ3n) is 5.36. The lowest BCUT2D eigenvalue weighted by Gasteiger charge is -2.34. The van der Waals surface area contributed by atoms with E-state index < -0.39 is 10.0 Å². The number of hydrogen-bond donors (Lipinski definition) is 0. The Hall–Kier alpha value is -2.36.